The Hall–Kier alpha value is -2.74. The normalized spacial score (nSPS) is 11.0. The van der Waals surface area contributed by atoms with E-state index in [0.717, 1.165) is 12.1 Å². The fourth-order valence-corrected chi connectivity index (χ4v) is 2.24. The maximum atomic E-state index is 12.9. The first kappa shape index (κ1) is 19.6. The lowest BCUT2D eigenvalue weighted by Crippen LogP contribution is -2.15. The van der Waals surface area contributed by atoms with Gasteiger partial charge < -0.3 is 10.1 Å². The molecule has 0 atom stereocenters. The summed E-state index contributed by atoms with van der Waals surface area (Å²) in [5.41, 5.74) is -0.472. The first-order valence-electron chi connectivity index (χ1n) is 7.42. The molecule has 0 aliphatic heterocycles. The molecule has 2 aromatic carbocycles. The molecular weight excluding hydrogens is 373 g/mol. The third-order valence-corrected chi connectivity index (χ3v) is 3.53. The summed E-state index contributed by atoms with van der Waals surface area (Å²) < 4.78 is 43.3. The highest BCUT2D eigenvalue weighted by Crippen LogP contribution is 2.36. The lowest BCUT2D eigenvalue weighted by atomic mass is 10.1. The molecule has 26 heavy (non-hydrogen) atoms. The Morgan fingerprint density at radius 2 is 1.65 bits per heavy atom. The van der Waals surface area contributed by atoms with Gasteiger partial charge in [-0.1, -0.05) is 11.6 Å². The van der Waals surface area contributed by atoms with Gasteiger partial charge in [-0.25, -0.2) is 4.79 Å². The largest absolute Gasteiger partial charge is 0.450 e. The van der Waals surface area contributed by atoms with E-state index in [1.807, 2.05) is 0 Å². The summed E-state index contributed by atoms with van der Waals surface area (Å²) in [4.78, 5) is 23.5. The third kappa shape index (κ3) is 5.13. The molecular formula is C17H14ClF3N2O3. The smallest absolute Gasteiger partial charge is 0.417 e. The summed E-state index contributed by atoms with van der Waals surface area (Å²) in [6, 6.07) is 8.86. The van der Waals surface area contributed by atoms with Crippen LogP contribution in [0.4, 0.5) is 29.3 Å². The highest BCUT2D eigenvalue weighted by molar-refractivity contribution is 6.31. The van der Waals surface area contributed by atoms with Crippen molar-refractivity contribution in [3.8, 4) is 0 Å². The van der Waals surface area contributed by atoms with Crippen molar-refractivity contribution in [2.75, 3.05) is 17.2 Å². The average molecular weight is 387 g/mol. The van der Waals surface area contributed by atoms with Gasteiger partial charge in [-0.05, 0) is 49.4 Å². The molecule has 2 aromatic rings. The van der Waals surface area contributed by atoms with Crippen LogP contribution in [0.15, 0.2) is 42.5 Å². The van der Waals surface area contributed by atoms with Crippen molar-refractivity contribution < 1.29 is 27.5 Å². The second-order valence-corrected chi connectivity index (χ2v) is 5.48. The van der Waals surface area contributed by atoms with E-state index in [2.05, 4.69) is 10.6 Å². The maximum Gasteiger partial charge on any atom is 0.417 e. The molecule has 0 saturated carbocycles. The quantitative estimate of drug-likeness (QED) is 0.760. The first-order chi connectivity index (χ1) is 12.2. The molecule has 0 aromatic heterocycles. The predicted octanol–water partition coefficient (Wildman–Crippen LogP) is 5.18. The van der Waals surface area contributed by atoms with Crippen molar-refractivity contribution in [2.24, 2.45) is 0 Å². The Labute approximate surface area is 152 Å². The summed E-state index contributed by atoms with van der Waals surface area (Å²) in [6.07, 6.45) is -5.26. The fraction of sp³-hybridized carbons (Fsp3) is 0.176. The summed E-state index contributed by atoms with van der Waals surface area (Å²) >= 11 is 5.54. The van der Waals surface area contributed by atoms with Gasteiger partial charge >= 0.3 is 12.3 Å². The Bertz CT molecular complexity index is 808. The van der Waals surface area contributed by atoms with E-state index in [9.17, 15) is 22.8 Å². The van der Waals surface area contributed by atoms with Gasteiger partial charge in [0, 0.05) is 16.9 Å². The standard InChI is InChI=1S/C17H14ClF3N2O3/c1-2-26-16(25)23-11-5-3-10(4-6-11)15(24)22-12-7-8-14(18)13(9-12)17(19,20)21/h3-9H,2H2,1H3,(H,22,24)(H,23,25). The molecule has 0 aliphatic rings. The van der Waals surface area contributed by atoms with Crippen molar-refractivity contribution in [1.82, 2.24) is 0 Å². The highest BCUT2D eigenvalue weighted by atomic mass is 35.5. The van der Waals surface area contributed by atoms with E-state index in [4.69, 9.17) is 16.3 Å². The number of halogens is 4. The number of amides is 2. The first-order valence-corrected chi connectivity index (χ1v) is 7.80. The number of carbonyl (C=O) groups is 2. The van der Waals surface area contributed by atoms with Crippen LogP contribution >= 0.6 is 11.6 Å². The summed E-state index contributed by atoms with van der Waals surface area (Å²) in [5.74, 6) is -0.608. The molecule has 138 valence electrons. The Morgan fingerprint density at radius 1 is 1.04 bits per heavy atom. The van der Waals surface area contributed by atoms with Gasteiger partial charge in [0.05, 0.1) is 17.2 Å². The van der Waals surface area contributed by atoms with Crippen LogP contribution in [0.2, 0.25) is 5.02 Å². The number of hydrogen-bond donors (Lipinski definition) is 2. The molecule has 0 spiro atoms. The van der Waals surface area contributed by atoms with Crippen LogP contribution in [0.1, 0.15) is 22.8 Å². The Morgan fingerprint density at radius 3 is 2.23 bits per heavy atom. The zero-order chi connectivity index (χ0) is 19.3. The van der Waals surface area contributed by atoms with Crippen LogP contribution in [0, 0.1) is 0 Å². The number of hydrogen-bond acceptors (Lipinski definition) is 3. The molecule has 2 N–H and O–H groups in total. The molecule has 0 aliphatic carbocycles. The van der Waals surface area contributed by atoms with E-state index in [-0.39, 0.29) is 17.9 Å². The molecule has 5 nitrogen and oxygen atoms in total. The summed E-state index contributed by atoms with van der Waals surface area (Å²) in [7, 11) is 0. The van der Waals surface area contributed by atoms with Crippen LogP contribution in [0.3, 0.4) is 0 Å². The lowest BCUT2D eigenvalue weighted by Gasteiger charge is -2.12. The van der Waals surface area contributed by atoms with Gasteiger partial charge in [-0.2, -0.15) is 13.2 Å². The molecule has 0 fully saturated rings. The number of benzene rings is 2. The van der Waals surface area contributed by atoms with Crippen molar-refractivity contribution in [2.45, 2.75) is 13.1 Å². The van der Waals surface area contributed by atoms with Crippen molar-refractivity contribution in [1.29, 1.82) is 0 Å². The van der Waals surface area contributed by atoms with Gasteiger partial charge in [0.15, 0.2) is 0 Å². The number of rotatable bonds is 4. The van der Waals surface area contributed by atoms with Crippen LogP contribution in [0.5, 0.6) is 0 Å². The van der Waals surface area contributed by atoms with Gasteiger partial charge in [-0.3, -0.25) is 10.1 Å². The van der Waals surface area contributed by atoms with E-state index in [1.54, 1.807) is 6.92 Å². The van der Waals surface area contributed by atoms with Gasteiger partial charge in [0.1, 0.15) is 0 Å². The van der Waals surface area contributed by atoms with E-state index in [1.165, 1.54) is 30.3 Å². The third-order valence-electron chi connectivity index (χ3n) is 3.20. The van der Waals surface area contributed by atoms with Crippen LogP contribution in [0.25, 0.3) is 0 Å². The predicted molar refractivity (Wildman–Crippen MR) is 91.5 cm³/mol. The minimum absolute atomic E-state index is 0.0412. The zero-order valence-electron chi connectivity index (χ0n) is 13.5. The topological polar surface area (TPSA) is 67.4 Å². The van der Waals surface area contributed by atoms with Gasteiger partial charge in [0.2, 0.25) is 0 Å². The van der Waals surface area contributed by atoms with Crippen LogP contribution in [-0.2, 0) is 10.9 Å². The monoisotopic (exact) mass is 386 g/mol. The molecule has 9 heteroatoms. The van der Waals surface area contributed by atoms with Crippen molar-refractivity contribution in [3.05, 3.63) is 58.6 Å². The molecule has 0 heterocycles. The van der Waals surface area contributed by atoms with Gasteiger partial charge in [0.25, 0.3) is 5.91 Å². The van der Waals surface area contributed by atoms with Crippen LogP contribution in [-0.4, -0.2) is 18.6 Å². The summed E-state index contributed by atoms with van der Waals surface area (Å²) in [5, 5.41) is 4.37. The minimum atomic E-state index is -4.63. The molecule has 0 unspecified atom stereocenters. The molecule has 0 saturated heterocycles. The second kappa shape index (κ2) is 8.09. The van der Waals surface area contributed by atoms with E-state index in [0.29, 0.717) is 5.69 Å². The fourth-order valence-electron chi connectivity index (χ4n) is 2.01. The Balaban J connectivity index is 2.09. The van der Waals surface area contributed by atoms with Crippen LogP contribution < -0.4 is 10.6 Å². The number of alkyl halides is 3. The Kier molecular flexibility index (Phi) is 6.10. The summed E-state index contributed by atoms with van der Waals surface area (Å²) in [6.45, 7) is 1.88. The zero-order valence-corrected chi connectivity index (χ0v) is 14.2. The minimum Gasteiger partial charge on any atom is -0.450 e. The number of anilines is 2. The number of ether oxygens (including phenoxy) is 1. The van der Waals surface area contributed by atoms with Crippen molar-refractivity contribution in [3.63, 3.8) is 0 Å². The second-order valence-electron chi connectivity index (χ2n) is 5.07. The number of nitrogens with one attached hydrogen (secondary N) is 2. The van der Waals surface area contributed by atoms with E-state index >= 15 is 0 Å². The SMILES string of the molecule is CCOC(=O)Nc1ccc(C(=O)Nc2ccc(Cl)c(C(F)(F)F)c2)cc1. The van der Waals surface area contributed by atoms with Crippen molar-refractivity contribution >= 4 is 35.0 Å². The van der Waals surface area contributed by atoms with E-state index < -0.39 is 28.8 Å². The average Bonchev–Trinajstić information content (AvgIpc) is 2.56. The highest BCUT2D eigenvalue weighted by Gasteiger charge is 2.33. The molecule has 2 rings (SSSR count). The molecule has 0 radical (unpaired) electrons. The maximum absolute atomic E-state index is 12.9. The molecule has 2 amide bonds. The molecule has 0 bridgehead atoms. The van der Waals surface area contributed by atoms with Gasteiger partial charge in [-0.15, -0.1) is 0 Å². The lowest BCUT2D eigenvalue weighted by molar-refractivity contribution is -0.137. The number of carbonyl (C=O) groups excluding carboxylic acids is 2.